The van der Waals surface area contributed by atoms with Crippen molar-refractivity contribution in [2.24, 2.45) is 5.92 Å². The molecule has 2 heterocycles. The van der Waals surface area contributed by atoms with Crippen LogP contribution in [0.2, 0.25) is 0 Å². The fourth-order valence-electron chi connectivity index (χ4n) is 1.90. The topological polar surface area (TPSA) is 55.6 Å². The molecule has 1 aliphatic rings. The highest BCUT2D eigenvalue weighted by molar-refractivity contribution is 4.87. The van der Waals surface area contributed by atoms with Gasteiger partial charge in [0.2, 0.25) is 0 Å². The van der Waals surface area contributed by atoms with Crippen LogP contribution in [-0.4, -0.2) is 33.3 Å². The Balaban J connectivity index is 1.96. The first kappa shape index (κ1) is 9.58. The van der Waals surface area contributed by atoms with Gasteiger partial charge in [-0.3, -0.25) is 0 Å². The highest BCUT2D eigenvalue weighted by Gasteiger charge is 2.18. The lowest BCUT2D eigenvalue weighted by Gasteiger charge is -2.07. The fraction of sp³-hybridized carbons (Fsp3) is 0.889. The smallest absolute Gasteiger partial charge is 0.151 e. The first-order chi connectivity index (χ1) is 6.90. The maximum Gasteiger partial charge on any atom is 0.151 e. The minimum Gasteiger partial charge on any atom is -0.316 e. The van der Waals surface area contributed by atoms with E-state index >= 15 is 0 Å². The monoisotopic (exact) mass is 195 g/mol. The summed E-state index contributed by atoms with van der Waals surface area (Å²) in [5.74, 6) is 1.76. The third-order valence-electron chi connectivity index (χ3n) is 2.68. The summed E-state index contributed by atoms with van der Waals surface area (Å²) >= 11 is 0. The summed E-state index contributed by atoms with van der Waals surface area (Å²) in [5, 5.41) is 15.1. The molecule has 0 radical (unpaired) electrons. The van der Waals surface area contributed by atoms with Crippen molar-refractivity contribution in [1.29, 1.82) is 0 Å². The molecule has 1 aromatic heterocycles. The van der Waals surface area contributed by atoms with Crippen molar-refractivity contribution >= 4 is 0 Å². The molecule has 0 bridgehead atoms. The van der Waals surface area contributed by atoms with E-state index < -0.39 is 0 Å². The second-order valence-electron chi connectivity index (χ2n) is 3.88. The predicted octanol–water partition coefficient (Wildman–Crippen LogP) is 0.235. The number of nitrogens with one attached hydrogen (secondary N) is 1. The lowest BCUT2D eigenvalue weighted by Crippen LogP contribution is -2.14. The summed E-state index contributed by atoms with van der Waals surface area (Å²) in [6, 6.07) is 0. The first-order valence-electron chi connectivity index (χ1n) is 5.36. The van der Waals surface area contributed by atoms with Gasteiger partial charge in [0.25, 0.3) is 0 Å². The number of hydrogen-bond donors (Lipinski definition) is 1. The Hall–Kier alpha value is -0.970. The van der Waals surface area contributed by atoms with Crippen molar-refractivity contribution < 1.29 is 0 Å². The quantitative estimate of drug-likeness (QED) is 0.747. The molecule has 1 atom stereocenters. The Morgan fingerprint density at radius 3 is 3.21 bits per heavy atom. The number of tetrazole rings is 1. The zero-order chi connectivity index (χ0) is 9.80. The zero-order valence-electron chi connectivity index (χ0n) is 8.61. The van der Waals surface area contributed by atoms with Gasteiger partial charge in [0, 0.05) is 13.0 Å². The summed E-state index contributed by atoms with van der Waals surface area (Å²) < 4.78 is 1.93. The molecule has 78 valence electrons. The molecule has 1 fully saturated rings. The SMILES string of the molecule is CCCn1nnnc1CC1CCNC1. The van der Waals surface area contributed by atoms with E-state index in [-0.39, 0.29) is 0 Å². The average Bonchev–Trinajstić information content (AvgIpc) is 2.80. The molecule has 0 aromatic carbocycles. The molecular formula is C9H17N5. The van der Waals surface area contributed by atoms with Gasteiger partial charge in [-0.25, -0.2) is 4.68 Å². The van der Waals surface area contributed by atoms with Crippen molar-refractivity contribution in [1.82, 2.24) is 25.5 Å². The number of aryl methyl sites for hydroxylation is 1. The Kier molecular flexibility index (Phi) is 3.08. The van der Waals surface area contributed by atoms with Crippen LogP contribution in [0.25, 0.3) is 0 Å². The fourth-order valence-corrected chi connectivity index (χ4v) is 1.90. The molecule has 1 saturated heterocycles. The zero-order valence-corrected chi connectivity index (χ0v) is 8.61. The average molecular weight is 195 g/mol. The van der Waals surface area contributed by atoms with Gasteiger partial charge in [-0.2, -0.15) is 0 Å². The van der Waals surface area contributed by atoms with Crippen LogP contribution in [0.4, 0.5) is 0 Å². The molecule has 1 aliphatic heterocycles. The summed E-state index contributed by atoms with van der Waals surface area (Å²) in [6.45, 7) is 5.32. The van der Waals surface area contributed by atoms with Crippen LogP contribution in [0.15, 0.2) is 0 Å². The van der Waals surface area contributed by atoms with Crippen LogP contribution < -0.4 is 5.32 Å². The van der Waals surface area contributed by atoms with Crippen molar-refractivity contribution in [3.63, 3.8) is 0 Å². The van der Waals surface area contributed by atoms with E-state index in [1.165, 1.54) is 6.42 Å². The highest BCUT2D eigenvalue weighted by atomic mass is 15.5. The van der Waals surface area contributed by atoms with Crippen LogP contribution >= 0.6 is 0 Å². The highest BCUT2D eigenvalue weighted by Crippen LogP contribution is 2.12. The van der Waals surface area contributed by atoms with Gasteiger partial charge in [-0.1, -0.05) is 6.92 Å². The van der Waals surface area contributed by atoms with Gasteiger partial charge in [-0.05, 0) is 42.3 Å². The normalized spacial score (nSPS) is 21.6. The van der Waals surface area contributed by atoms with Crippen LogP contribution in [0.5, 0.6) is 0 Å². The van der Waals surface area contributed by atoms with Gasteiger partial charge < -0.3 is 5.32 Å². The maximum absolute atomic E-state index is 4.07. The van der Waals surface area contributed by atoms with E-state index in [4.69, 9.17) is 0 Å². The Morgan fingerprint density at radius 1 is 1.57 bits per heavy atom. The van der Waals surface area contributed by atoms with Crippen LogP contribution in [0.3, 0.4) is 0 Å². The van der Waals surface area contributed by atoms with E-state index in [2.05, 4.69) is 27.8 Å². The number of rotatable bonds is 4. The second-order valence-corrected chi connectivity index (χ2v) is 3.88. The first-order valence-corrected chi connectivity index (χ1v) is 5.36. The molecule has 0 saturated carbocycles. The minimum atomic E-state index is 0.719. The van der Waals surface area contributed by atoms with Gasteiger partial charge in [0.15, 0.2) is 5.82 Å². The van der Waals surface area contributed by atoms with Crippen LogP contribution in [0.1, 0.15) is 25.6 Å². The molecule has 0 amide bonds. The number of nitrogens with zero attached hydrogens (tertiary/aromatic N) is 4. The summed E-state index contributed by atoms with van der Waals surface area (Å²) in [7, 11) is 0. The summed E-state index contributed by atoms with van der Waals surface area (Å²) in [4.78, 5) is 0. The summed E-state index contributed by atoms with van der Waals surface area (Å²) in [5.41, 5.74) is 0. The molecule has 0 aliphatic carbocycles. The van der Waals surface area contributed by atoms with Crippen LogP contribution in [0, 0.1) is 5.92 Å². The molecule has 1 aromatic rings. The number of hydrogen-bond acceptors (Lipinski definition) is 4. The van der Waals surface area contributed by atoms with Gasteiger partial charge in [-0.15, -0.1) is 5.10 Å². The van der Waals surface area contributed by atoms with Crippen molar-refractivity contribution in [2.45, 2.75) is 32.7 Å². The van der Waals surface area contributed by atoms with Crippen molar-refractivity contribution in [3.8, 4) is 0 Å². The van der Waals surface area contributed by atoms with Crippen molar-refractivity contribution in [3.05, 3.63) is 5.82 Å². The van der Waals surface area contributed by atoms with E-state index in [1.807, 2.05) is 4.68 Å². The van der Waals surface area contributed by atoms with Gasteiger partial charge in [0.1, 0.15) is 0 Å². The predicted molar refractivity (Wildman–Crippen MR) is 52.8 cm³/mol. The Labute approximate surface area is 83.9 Å². The van der Waals surface area contributed by atoms with E-state index in [0.29, 0.717) is 0 Å². The lowest BCUT2D eigenvalue weighted by molar-refractivity contribution is 0.503. The molecule has 14 heavy (non-hydrogen) atoms. The molecular weight excluding hydrogens is 178 g/mol. The second kappa shape index (κ2) is 4.50. The standard InChI is InChI=1S/C9H17N5/c1-2-5-14-9(11-12-13-14)6-8-3-4-10-7-8/h8,10H,2-7H2,1H3. The molecule has 2 rings (SSSR count). The van der Waals surface area contributed by atoms with Crippen molar-refractivity contribution in [2.75, 3.05) is 13.1 Å². The van der Waals surface area contributed by atoms with E-state index in [0.717, 1.165) is 44.2 Å². The molecule has 1 N–H and O–H groups in total. The number of aromatic nitrogens is 4. The van der Waals surface area contributed by atoms with Gasteiger partial charge >= 0.3 is 0 Å². The molecule has 5 heteroatoms. The Morgan fingerprint density at radius 2 is 2.50 bits per heavy atom. The largest absolute Gasteiger partial charge is 0.316 e. The van der Waals surface area contributed by atoms with E-state index in [9.17, 15) is 0 Å². The third kappa shape index (κ3) is 2.09. The van der Waals surface area contributed by atoms with E-state index in [1.54, 1.807) is 0 Å². The third-order valence-corrected chi connectivity index (χ3v) is 2.68. The molecule has 5 nitrogen and oxygen atoms in total. The maximum atomic E-state index is 4.07. The minimum absolute atomic E-state index is 0.719. The molecule has 1 unspecified atom stereocenters. The lowest BCUT2D eigenvalue weighted by atomic mass is 10.0. The van der Waals surface area contributed by atoms with Gasteiger partial charge in [0.05, 0.1) is 0 Å². The Bertz CT molecular complexity index is 276. The van der Waals surface area contributed by atoms with Crippen LogP contribution in [-0.2, 0) is 13.0 Å². The molecule has 0 spiro atoms. The summed E-state index contributed by atoms with van der Waals surface area (Å²) in [6.07, 6.45) is 3.35.